The molecule has 1 aliphatic carbocycles. The van der Waals surface area contributed by atoms with Gasteiger partial charge in [-0.1, -0.05) is 146 Å². The maximum absolute atomic E-state index is 12.1. The number of methoxy groups -OCH3 is 8. The molecule has 0 aliphatic heterocycles. The van der Waals surface area contributed by atoms with Gasteiger partial charge in [0.25, 0.3) is 0 Å². The number of carbonyl (C=O) groups excluding carboxylic acids is 2. The van der Waals surface area contributed by atoms with Crippen LogP contribution in [0.2, 0.25) is 0 Å². The highest BCUT2D eigenvalue weighted by molar-refractivity contribution is 7.85. The Morgan fingerprint density at radius 2 is 0.920 bits per heavy atom. The fraction of sp³-hybridized carbons (Fsp3) is 0.356. The lowest BCUT2D eigenvalue weighted by Crippen LogP contribution is -2.42. The Morgan fingerprint density at radius 3 is 1.27 bits per heavy atom. The largest absolute Gasteiger partial charge is 0.980 e. The molecule has 0 aromatic heterocycles. The number of aliphatic carboxylic acids is 2. The zero-order valence-corrected chi connectivity index (χ0v) is 83.7. The number of carboxylic acids is 2. The lowest BCUT2D eigenvalue weighted by atomic mass is 9.90. The molecular weight excluding hydrogens is 1810 g/mol. The van der Waals surface area contributed by atoms with Crippen molar-refractivity contribution in [1.82, 2.24) is 0 Å². The summed E-state index contributed by atoms with van der Waals surface area (Å²) in [5, 5.41) is 41.2. The third-order valence-electron chi connectivity index (χ3n) is 20.0. The standard InChI is InChI=1S/C31H42N3.C17H17NO3.C10H8O4S.C9H16O4.C7H14O4.3C6H5N2O2.C5H12O2.C4H10O2.Al/c1-7-32(8-2)28-19-13-25(14-20-28)31(26-15-21-29(22-16-26)33(9-3)10-4)27-17-23-30(24-18-27)34(11-5)12-6;19-16(18-15-9-5-2-6-10-15)11-14(12-17(20)21)13-7-3-1-4-8-13;11-9-3-1-8-6-10(15(12,13)14)4-2-7(8)5-9;1-7(2)9(10)13-6-8(12-4)5-11-3;1-7(4-10-2,5-11-3)6(8)9;3*9-7-8(10)6-4-2-1-3-5-6;1-5(7-3)4-6-2;1-5-3-4-6-2;/h13-24H,7-12H2,1-6H3;1-10,14H,11-12H2,(H,18,19)(H,20,21);1-6,11H,(H,12,13,14);8H,1,5-6H2,2-4H3;4-5H2,1-3H3,(H,8,9);3*1-5H;5H,4H2,1-3H3;3-4H2,1-2H3;/q+1;;;;;3*-1;;;+3/p-1. The summed E-state index contributed by atoms with van der Waals surface area (Å²) >= 11 is -3.57. The number of carbonyl (C=O) groups is 4. The minimum atomic E-state index is -4.42. The number of hydrogen-bond acceptors (Lipinski definition) is 28. The predicted molar refractivity (Wildman–Crippen MR) is 539 cm³/mol. The number of aromatic hydroxyl groups is 1. The molecule has 3 unspecified atom stereocenters. The number of hydrogen-bond donors (Lipinski definition) is 4. The van der Waals surface area contributed by atoms with Crippen LogP contribution in [0.5, 0.6) is 5.75 Å². The van der Waals surface area contributed by atoms with E-state index in [9.17, 15) is 52.0 Å². The van der Waals surface area contributed by atoms with Crippen molar-refractivity contribution < 1.29 is 106 Å². The number of anilines is 6. The zero-order chi connectivity index (χ0) is 102. The van der Waals surface area contributed by atoms with Crippen LogP contribution in [0.4, 0.5) is 34.1 Å². The van der Waals surface area contributed by atoms with Crippen molar-refractivity contribution in [3.05, 3.63) is 310 Å². The number of nitrogens with one attached hydrogen (secondary N) is 1. The Morgan fingerprint density at radius 1 is 0.507 bits per heavy atom. The van der Waals surface area contributed by atoms with Gasteiger partial charge in [-0.15, -0.1) is 30.2 Å². The van der Waals surface area contributed by atoms with Crippen molar-refractivity contribution in [1.29, 1.82) is 0 Å². The van der Waals surface area contributed by atoms with Crippen molar-refractivity contribution >= 4 is 105 Å². The quantitative estimate of drug-likeness (QED) is 0.00402. The molecule has 9 aromatic carbocycles. The molecule has 746 valence electrons. The maximum atomic E-state index is 12.1. The van der Waals surface area contributed by atoms with E-state index in [2.05, 4.69) is 166 Å². The Bertz CT molecular complexity index is 5050. The van der Waals surface area contributed by atoms with Gasteiger partial charge >= 0.3 is 33.1 Å². The number of phenolic OH excluding ortho intramolecular Hbond substituents is 1. The fourth-order valence-electron chi connectivity index (χ4n) is 12.6. The number of nitrogens with zero attached hydrogens (tertiary/aromatic N) is 9. The summed E-state index contributed by atoms with van der Waals surface area (Å²) in [7, 11) is 8.26. The summed E-state index contributed by atoms with van der Waals surface area (Å²) in [6, 6.07) is 69.4. The highest BCUT2D eigenvalue weighted by Crippen LogP contribution is 2.34. The van der Waals surface area contributed by atoms with E-state index in [0.29, 0.717) is 64.0 Å². The average molecular weight is 1950 g/mol. The van der Waals surface area contributed by atoms with Crippen molar-refractivity contribution in [2.24, 2.45) is 21.3 Å². The van der Waals surface area contributed by atoms with E-state index in [0.717, 1.165) is 44.8 Å². The summed E-state index contributed by atoms with van der Waals surface area (Å²) in [6.45, 7) is 31.0. The van der Waals surface area contributed by atoms with E-state index in [-0.39, 0.29) is 84.4 Å². The predicted octanol–water partition coefficient (Wildman–Crippen LogP) is 17.9. The first-order valence-corrected chi connectivity index (χ1v) is 47.0. The summed E-state index contributed by atoms with van der Waals surface area (Å²) in [5.74, 6) is -2.63. The molecule has 35 nitrogen and oxygen atoms in total. The van der Waals surface area contributed by atoms with Crippen molar-refractivity contribution in [2.45, 2.75) is 98.2 Å². The van der Waals surface area contributed by atoms with Crippen LogP contribution in [0.1, 0.15) is 97.8 Å². The van der Waals surface area contributed by atoms with Crippen LogP contribution in [0, 0.1) is 20.1 Å². The van der Waals surface area contributed by atoms with Crippen LogP contribution in [0.15, 0.2) is 299 Å². The molecule has 0 heterocycles. The van der Waals surface area contributed by atoms with Gasteiger partial charge in [0, 0.05) is 130 Å². The minimum absolute atomic E-state index is 0.0633. The first kappa shape index (κ1) is 120. The molecule has 9 aromatic rings. The lowest BCUT2D eigenvalue weighted by Gasteiger charge is -2.24. The number of allylic oxidation sites excluding steroid dienone is 5. The molecule has 0 fully saturated rings. The maximum Gasteiger partial charge on any atom is 0.980 e. The summed E-state index contributed by atoms with van der Waals surface area (Å²) in [4.78, 5) is 83.2. The van der Waals surface area contributed by atoms with Crippen molar-refractivity contribution in [3.8, 4) is 5.75 Å². The summed E-state index contributed by atoms with van der Waals surface area (Å²) in [5.41, 5.74) is 10.7. The van der Waals surface area contributed by atoms with Gasteiger partial charge in [-0.2, -0.15) is 0 Å². The Balaban J connectivity index is 0.000000431. The number of rotatable bonds is 46. The van der Waals surface area contributed by atoms with Gasteiger partial charge in [0.15, 0.2) is 5.71 Å². The van der Waals surface area contributed by atoms with Crippen molar-refractivity contribution in [3.63, 3.8) is 0 Å². The van der Waals surface area contributed by atoms with Crippen LogP contribution in [0.25, 0.3) is 16.3 Å². The molecule has 0 saturated carbocycles. The Kier molecular flexibility index (Phi) is 59.2. The summed E-state index contributed by atoms with van der Waals surface area (Å²) < 4.78 is 94.2. The van der Waals surface area contributed by atoms with E-state index in [1.54, 1.807) is 159 Å². The number of amides is 1. The molecule has 3 atom stereocenters. The summed E-state index contributed by atoms with van der Waals surface area (Å²) in [6.07, 6.45) is 9.17. The fourth-order valence-corrected chi connectivity index (χ4v) is 14.2. The van der Waals surface area contributed by atoms with Crippen LogP contribution >= 0.6 is 0 Å². The second-order valence-corrected chi connectivity index (χ2v) is 32.7. The van der Waals surface area contributed by atoms with Crippen LogP contribution in [-0.4, -0.2) is 232 Å². The van der Waals surface area contributed by atoms with Crippen molar-refractivity contribution in [2.75, 3.05) is 173 Å². The number of carboxylic acid groups (broad SMARTS) is 2. The number of ether oxygens (including phenoxy) is 9. The molecule has 1 amide bonds. The molecule has 1 aliphatic rings. The second kappa shape index (κ2) is 68.4. The number of benzene rings is 9. The van der Waals surface area contributed by atoms with Gasteiger partial charge in [0.1, 0.15) is 47.1 Å². The molecular formula is C101H133AlN10O25S. The number of phenols is 1. The van der Waals surface area contributed by atoms with E-state index in [4.69, 9.17) is 55.0 Å². The van der Waals surface area contributed by atoms with Gasteiger partial charge in [-0.3, -0.25) is 14.4 Å². The molecule has 10 rings (SSSR count). The monoisotopic (exact) mass is 1940 g/mol. The number of esters is 1. The SMILES string of the molecule is C=C(C)C(=O)OCC(COC)OC.CCN(CC)c1ccc(C(=C2C=CC(=[N+](CC)CC)C=C2)c2ccc(N(CC)CC)cc2)cc1.COCC(C)(COC)C(=O)O.COCC(C)OC.COCCOC.O=C(O)CC(CC(=O)Nc1ccccc1)c1ccccc1.O=NN([O][Al]([O]N(N=O)c1ccccc1)[O]N(N=O)c1ccccc1)c1ccccc1.O=S(=O)([O-])c1ccc2cc(O)ccc2c1. The average Bonchev–Trinajstić information content (AvgIpc) is 0.791. The molecule has 0 saturated heterocycles. The molecule has 0 spiro atoms. The highest BCUT2D eigenvalue weighted by Gasteiger charge is 2.44. The second-order valence-electron chi connectivity index (χ2n) is 30.1. The molecule has 37 heteroatoms. The van der Waals surface area contributed by atoms with E-state index in [1.807, 2.05) is 55.5 Å². The van der Waals surface area contributed by atoms with E-state index in [1.165, 1.54) is 91.0 Å². The van der Waals surface area contributed by atoms with E-state index < -0.39 is 48.6 Å². The molecule has 4 N–H and O–H groups in total. The van der Waals surface area contributed by atoms with Gasteiger partial charge in [0.05, 0.1) is 90.0 Å². The van der Waals surface area contributed by atoms with Gasteiger partial charge in [-0.25, -0.2) is 17.8 Å². The Labute approximate surface area is 815 Å². The van der Waals surface area contributed by atoms with Gasteiger partial charge < -0.3 is 89.3 Å². The highest BCUT2D eigenvalue weighted by atomic mass is 32.2. The topological polar surface area (TPSA) is 416 Å². The first-order chi connectivity index (χ1) is 66.3. The van der Waals surface area contributed by atoms with Crippen LogP contribution in [-0.2, 0) is 83.6 Å². The number of nitroso groups, excluding NO2 is 3. The lowest BCUT2D eigenvalue weighted by molar-refractivity contribution is -0.519. The van der Waals surface area contributed by atoms with Gasteiger partial charge in [-0.05, 0) is 210 Å². The third kappa shape index (κ3) is 44.7. The van der Waals surface area contributed by atoms with Gasteiger partial charge in [0.2, 0.25) is 5.91 Å². The third-order valence-corrected chi connectivity index (χ3v) is 21.9. The Hall–Kier alpha value is -12.6. The number of para-hydroxylation sites is 4. The number of fused-ring (bicyclic) bond motifs is 1. The normalized spacial score (nSPS) is 11.6. The molecule has 138 heavy (non-hydrogen) atoms. The zero-order valence-electron chi connectivity index (χ0n) is 81.7. The molecule has 0 radical (unpaired) electrons. The van der Waals surface area contributed by atoms with Crippen LogP contribution < -0.4 is 30.6 Å². The van der Waals surface area contributed by atoms with E-state index >= 15 is 0 Å². The first-order valence-electron chi connectivity index (χ1n) is 44.2. The van der Waals surface area contributed by atoms with Crippen LogP contribution in [0.3, 0.4) is 0 Å². The molecule has 0 bridgehead atoms. The smallest absolute Gasteiger partial charge is 0.744 e. The minimum Gasteiger partial charge on any atom is -0.744 e.